The van der Waals surface area contributed by atoms with Gasteiger partial charge in [-0.15, -0.1) is 0 Å². The predicted molar refractivity (Wildman–Crippen MR) is 123 cm³/mol. The van der Waals surface area contributed by atoms with E-state index in [2.05, 4.69) is 18.0 Å². The number of unbranched alkanes of at least 4 members (excludes halogenated alkanes) is 16. The first-order chi connectivity index (χ1) is 14.0. The predicted octanol–water partition coefficient (Wildman–Crippen LogP) is 4.93. The van der Waals surface area contributed by atoms with Crippen LogP contribution < -0.4 is 29.6 Å². The van der Waals surface area contributed by atoms with E-state index in [1.54, 1.807) is 0 Å². The fourth-order valence-corrected chi connectivity index (χ4v) is 4.34. The van der Waals surface area contributed by atoms with Gasteiger partial charge in [-0.3, -0.25) is 4.18 Å². The quantitative estimate of drug-likeness (QED) is 0.0947. The van der Waals surface area contributed by atoms with Crippen molar-refractivity contribution in [3.63, 3.8) is 0 Å². The van der Waals surface area contributed by atoms with Gasteiger partial charge < -0.3 is 4.55 Å². The second kappa shape index (κ2) is 24.5. The maximum Gasteiger partial charge on any atom is 1.00 e. The first-order valence-electron chi connectivity index (χ1n) is 12.6. The molecule has 0 saturated heterocycles. The van der Waals surface area contributed by atoms with Crippen LogP contribution in [0.2, 0.25) is 0 Å². The van der Waals surface area contributed by atoms with Crippen LogP contribution >= 0.6 is 0 Å². The van der Waals surface area contributed by atoms with Crippen LogP contribution in [0.5, 0.6) is 0 Å². The van der Waals surface area contributed by atoms with Gasteiger partial charge in [0, 0.05) is 0 Å². The van der Waals surface area contributed by atoms with E-state index >= 15 is 0 Å². The Morgan fingerprint density at radius 2 is 0.900 bits per heavy atom. The zero-order valence-corrected chi connectivity index (χ0v) is 23.3. The van der Waals surface area contributed by atoms with E-state index in [0.717, 1.165) is 25.7 Å². The molecule has 0 aliphatic carbocycles. The van der Waals surface area contributed by atoms with Gasteiger partial charge in [-0.1, -0.05) is 129 Å². The minimum atomic E-state index is -4.57. The van der Waals surface area contributed by atoms with Crippen LogP contribution in [0.25, 0.3) is 0 Å². The van der Waals surface area contributed by atoms with Crippen molar-refractivity contribution < 1.29 is 46.7 Å². The summed E-state index contributed by atoms with van der Waals surface area (Å²) in [5.74, 6) is 0.202. The summed E-state index contributed by atoms with van der Waals surface area (Å²) in [4.78, 5) is 0. The normalized spacial score (nSPS) is 12.6. The molecule has 0 amide bonds. The molecule has 0 fully saturated rings. The summed E-state index contributed by atoms with van der Waals surface area (Å²) in [5.41, 5.74) is 0. The molecule has 0 radical (unpaired) electrons. The summed E-state index contributed by atoms with van der Waals surface area (Å²) in [6.45, 7) is 4.53. The van der Waals surface area contributed by atoms with Crippen LogP contribution in [0, 0.1) is 5.92 Å². The van der Waals surface area contributed by atoms with Crippen molar-refractivity contribution >= 4 is 10.4 Å². The third kappa shape index (κ3) is 26.9. The Morgan fingerprint density at radius 1 is 0.600 bits per heavy atom. The fraction of sp³-hybridized carbons (Fsp3) is 1.00. The van der Waals surface area contributed by atoms with Crippen molar-refractivity contribution in [3.05, 3.63) is 0 Å². The summed E-state index contributed by atoms with van der Waals surface area (Å²) < 4.78 is 36.8. The average molecular weight is 457 g/mol. The van der Waals surface area contributed by atoms with E-state index in [-0.39, 0.29) is 42.1 Å². The molecule has 0 bridgehead atoms. The smallest absolute Gasteiger partial charge is 0.726 e. The molecule has 0 aromatic rings. The van der Waals surface area contributed by atoms with Gasteiger partial charge in [0.05, 0.1) is 6.61 Å². The summed E-state index contributed by atoms with van der Waals surface area (Å²) in [5, 5.41) is 0. The number of hydrogen-bond acceptors (Lipinski definition) is 4. The maximum absolute atomic E-state index is 10.8. The van der Waals surface area contributed by atoms with Crippen LogP contribution in [0.1, 0.15) is 142 Å². The van der Waals surface area contributed by atoms with E-state index in [1.807, 2.05) is 0 Å². The Bertz CT molecular complexity index is 429. The maximum atomic E-state index is 10.8. The van der Waals surface area contributed by atoms with Gasteiger partial charge in [0.15, 0.2) is 0 Å². The fourth-order valence-electron chi connectivity index (χ4n) is 3.98. The molecule has 1 unspecified atom stereocenters. The molecule has 0 N–H and O–H groups in total. The van der Waals surface area contributed by atoms with E-state index in [0.29, 0.717) is 0 Å². The SMILES string of the molecule is CCCCCCCCCCCCCCCC(CCCCCCC)COS(=O)(=O)[O-].[Na+]. The van der Waals surface area contributed by atoms with Gasteiger partial charge in [0.1, 0.15) is 0 Å². The molecule has 0 heterocycles. The van der Waals surface area contributed by atoms with Crippen molar-refractivity contribution in [1.29, 1.82) is 0 Å². The molecule has 0 aliphatic rings. The van der Waals surface area contributed by atoms with Crippen LogP contribution in [-0.4, -0.2) is 19.6 Å². The van der Waals surface area contributed by atoms with E-state index < -0.39 is 10.4 Å². The second-order valence-corrected chi connectivity index (χ2v) is 9.85. The molecule has 30 heavy (non-hydrogen) atoms. The van der Waals surface area contributed by atoms with Gasteiger partial charge >= 0.3 is 29.6 Å². The van der Waals surface area contributed by atoms with Crippen molar-refractivity contribution in [2.45, 2.75) is 142 Å². The van der Waals surface area contributed by atoms with Crippen LogP contribution in [0.4, 0.5) is 0 Å². The minimum absolute atomic E-state index is 0. The summed E-state index contributed by atoms with van der Waals surface area (Å²) in [6, 6.07) is 0. The molecular weight excluding hydrogens is 407 g/mol. The first kappa shape index (κ1) is 33.0. The van der Waals surface area contributed by atoms with Crippen LogP contribution in [0.15, 0.2) is 0 Å². The van der Waals surface area contributed by atoms with Gasteiger partial charge in [0.2, 0.25) is 10.4 Å². The Morgan fingerprint density at radius 3 is 1.20 bits per heavy atom. The van der Waals surface area contributed by atoms with E-state index in [4.69, 9.17) is 0 Å². The molecule has 4 nitrogen and oxygen atoms in total. The van der Waals surface area contributed by atoms with Gasteiger partial charge in [-0.05, 0) is 18.8 Å². The molecular formula is C24H49NaO4S. The van der Waals surface area contributed by atoms with Crippen LogP contribution in [-0.2, 0) is 14.6 Å². The summed E-state index contributed by atoms with van der Waals surface area (Å²) in [7, 11) is -4.57. The Balaban J connectivity index is 0. The third-order valence-corrected chi connectivity index (χ3v) is 6.30. The van der Waals surface area contributed by atoms with Gasteiger partial charge in [0.25, 0.3) is 0 Å². The standard InChI is InChI=1S/C24H50O4S.Na/c1-3-5-7-9-10-11-12-13-14-15-16-18-20-22-24(23-28-29(25,26)27)21-19-17-8-6-4-2;/h24H,3-23H2,1-2H3,(H,25,26,27);/q;+1/p-1. The van der Waals surface area contributed by atoms with E-state index in [9.17, 15) is 13.0 Å². The van der Waals surface area contributed by atoms with Crippen molar-refractivity contribution in [2.75, 3.05) is 6.61 Å². The van der Waals surface area contributed by atoms with Gasteiger partial charge in [-0.25, -0.2) is 8.42 Å². The molecule has 0 spiro atoms. The zero-order valence-electron chi connectivity index (χ0n) is 20.5. The molecule has 0 saturated carbocycles. The topological polar surface area (TPSA) is 66.4 Å². The molecule has 0 rings (SSSR count). The zero-order chi connectivity index (χ0) is 21.6. The number of hydrogen-bond donors (Lipinski definition) is 0. The molecule has 0 aliphatic heterocycles. The molecule has 6 heteroatoms. The first-order valence-corrected chi connectivity index (χ1v) is 13.9. The number of rotatable bonds is 23. The summed E-state index contributed by atoms with van der Waals surface area (Å²) >= 11 is 0. The molecule has 0 aromatic carbocycles. The van der Waals surface area contributed by atoms with Crippen molar-refractivity contribution in [3.8, 4) is 0 Å². The molecule has 176 valence electrons. The Labute approximate surface area is 210 Å². The average Bonchev–Trinajstić information content (AvgIpc) is 2.68. The molecule has 0 aromatic heterocycles. The van der Waals surface area contributed by atoms with Crippen molar-refractivity contribution in [2.24, 2.45) is 5.92 Å². The minimum Gasteiger partial charge on any atom is -0.726 e. The third-order valence-electron chi connectivity index (χ3n) is 5.88. The molecule has 1 atom stereocenters. The van der Waals surface area contributed by atoms with E-state index in [1.165, 1.54) is 103 Å². The van der Waals surface area contributed by atoms with Crippen molar-refractivity contribution in [1.82, 2.24) is 0 Å². The summed E-state index contributed by atoms with van der Waals surface area (Å²) in [6.07, 6.45) is 25.2. The monoisotopic (exact) mass is 456 g/mol. The van der Waals surface area contributed by atoms with Crippen LogP contribution in [0.3, 0.4) is 0 Å². The Hall–Kier alpha value is 0.870. The Kier molecular flexibility index (Phi) is 27.0. The second-order valence-electron chi connectivity index (χ2n) is 8.79. The largest absolute Gasteiger partial charge is 1.00 e. The van der Waals surface area contributed by atoms with Gasteiger partial charge in [-0.2, -0.15) is 0 Å².